The molecule has 2 heterocycles. The van der Waals surface area contributed by atoms with Crippen molar-refractivity contribution in [3.05, 3.63) is 107 Å². The maximum Gasteiger partial charge on any atom is 0.416 e. The van der Waals surface area contributed by atoms with E-state index in [1.54, 1.807) is 41.2 Å². The number of anilines is 1. The summed E-state index contributed by atoms with van der Waals surface area (Å²) in [6, 6.07) is 22.0. The van der Waals surface area contributed by atoms with Gasteiger partial charge in [0.05, 0.1) is 17.8 Å². The molecule has 0 radical (unpaired) electrons. The summed E-state index contributed by atoms with van der Waals surface area (Å²) in [5, 5.41) is 5.04. The highest BCUT2D eigenvalue weighted by molar-refractivity contribution is 6.30. The minimum atomic E-state index is -4.52. The van der Waals surface area contributed by atoms with E-state index < -0.39 is 30.0 Å². The lowest BCUT2D eigenvalue weighted by Gasteiger charge is -2.26. The molecule has 0 bridgehead atoms. The largest absolute Gasteiger partial charge is 0.441 e. The highest BCUT2D eigenvalue weighted by atomic mass is 35.5. The van der Waals surface area contributed by atoms with E-state index in [-0.39, 0.29) is 6.54 Å². The first kappa shape index (κ1) is 23.0. The third kappa shape index (κ3) is 4.74. The normalized spacial score (nSPS) is 18.1. The van der Waals surface area contributed by atoms with E-state index in [2.05, 4.69) is 5.10 Å². The smallest absolute Gasteiger partial charge is 0.416 e. The van der Waals surface area contributed by atoms with E-state index in [4.69, 9.17) is 16.3 Å². The molecule has 0 aliphatic carbocycles. The van der Waals surface area contributed by atoms with Crippen LogP contribution in [0, 0.1) is 0 Å². The number of ether oxygens (including phenoxy) is 1. The maximum absolute atomic E-state index is 13.5. The van der Waals surface area contributed by atoms with Gasteiger partial charge in [0.2, 0.25) is 0 Å². The second kappa shape index (κ2) is 9.11. The van der Waals surface area contributed by atoms with Gasteiger partial charge in [-0.1, -0.05) is 54.1 Å². The van der Waals surface area contributed by atoms with E-state index >= 15 is 0 Å². The number of hydrogen-bond donors (Lipinski definition) is 0. The summed E-state index contributed by atoms with van der Waals surface area (Å²) in [5.74, 6) is 0. The Labute approximate surface area is 204 Å². The Bertz CT molecular complexity index is 1340. The van der Waals surface area contributed by atoms with Gasteiger partial charge >= 0.3 is 12.3 Å². The van der Waals surface area contributed by atoms with Crippen molar-refractivity contribution in [2.45, 2.75) is 24.9 Å². The molecule has 1 fully saturated rings. The first-order valence-corrected chi connectivity index (χ1v) is 11.2. The highest BCUT2D eigenvalue weighted by Gasteiger charge is 2.44. The second-order valence-corrected chi connectivity index (χ2v) is 8.56. The van der Waals surface area contributed by atoms with Crippen molar-refractivity contribution >= 4 is 23.4 Å². The fraction of sp³-hybridized carbons (Fsp3) is 0.154. The molecular weight excluding hydrogens is 479 g/mol. The van der Waals surface area contributed by atoms with Crippen molar-refractivity contribution in [3.8, 4) is 11.3 Å². The molecule has 0 saturated carbocycles. The van der Waals surface area contributed by atoms with Gasteiger partial charge < -0.3 is 4.74 Å². The molecule has 9 heteroatoms. The van der Waals surface area contributed by atoms with E-state index in [1.807, 2.05) is 36.4 Å². The van der Waals surface area contributed by atoms with Crippen LogP contribution in [0.3, 0.4) is 0 Å². The third-order valence-corrected chi connectivity index (χ3v) is 6.07. The van der Waals surface area contributed by atoms with Crippen molar-refractivity contribution in [1.29, 1.82) is 0 Å². The van der Waals surface area contributed by atoms with Crippen LogP contribution in [0.15, 0.2) is 91.1 Å². The van der Waals surface area contributed by atoms with Gasteiger partial charge in [-0.25, -0.2) is 4.79 Å². The monoisotopic (exact) mass is 497 g/mol. The van der Waals surface area contributed by atoms with Gasteiger partial charge in [-0.15, -0.1) is 0 Å². The van der Waals surface area contributed by atoms with Crippen molar-refractivity contribution in [2.24, 2.45) is 0 Å². The SMILES string of the molecule is O=C1O[C@@H](Cn2ccc(-c3ccccc3)n2)[C@H](c2cccc(C(F)(F)F)c2)N1c1ccc(Cl)cc1. The fourth-order valence-electron chi connectivity index (χ4n) is 4.21. The fourth-order valence-corrected chi connectivity index (χ4v) is 4.33. The zero-order valence-electron chi connectivity index (χ0n) is 18.2. The van der Waals surface area contributed by atoms with E-state index in [0.29, 0.717) is 16.3 Å². The highest BCUT2D eigenvalue weighted by Crippen LogP contribution is 2.40. The van der Waals surface area contributed by atoms with Gasteiger partial charge in [0.25, 0.3) is 0 Å². The molecule has 3 aromatic carbocycles. The van der Waals surface area contributed by atoms with Crippen LogP contribution >= 0.6 is 11.6 Å². The molecule has 4 aromatic rings. The molecule has 1 amide bonds. The number of rotatable bonds is 5. The molecule has 1 aliphatic rings. The third-order valence-electron chi connectivity index (χ3n) is 5.82. The number of cyclic esters (lactones) is 1. The molecule has 1 aliphatic heterocycles. The lowest BCUT2D eigenvalue weighted by atomic mass is 9.98. The van der Waals surface area contributed by atoms with Crippen LogP contribution < -0.4 is 4.90 Å². The molecule has 1 aromatic heterocycles. The first-order chi connectivity index (χ1) is 16.8. The molecule has 1 saturated heterocycles. The zero-order valence-corrected chi connectivity index (χ0v) is 18.9. The number of nitrogens with zero attached hydrogens (tertiary/aromatic N) is 3. The van der Waals surface area contributed by atoms with Crippen LogP contribution in [-0.2, 0) is 17.5 Å². The standard InChI is InChI=1S/C26H19ClF3N3O2/c27-20-9-11-21(12-10-20)33-24(18-7-4-8-19(15-18)26(28,29)30)23(35-25(33)34)16-32-14-13-22(31-32)17-5-2-1-3-6-17/h1-15,23-24H,16H2/t23-,24-/m0/s1. The first-order valence-electron chi connectivity index (χ1n) is 10.8. The van der Waals surface area contributed by atoms with Crippen LogP contribution in [0.5, 0.6) is 0 Å². The number of alkyl halides is 3. The molecule has 0 unspecified atom stereocenters. The van der Waals surface area contributed by atoms with E-state index in [0.717, 1.165) is 23.4 Å². The van der Waals surface area contributed by atoms with Crippen molar-refractivity contribution < 1.29 is 22.7 Å². The van der Waals surface area contributed by atoms with Crippen LogP contribution in [0.2, 0.25) is 5.02 Å². The Hall–Kier alpha value is -3.78. The minimum Gasteiger partial charge on any atom is -0.441 e. The quantitative estimate of drug-likeness (QED) is 0.298. The Balaban J connectivity index is 1.52. The summed E-state index contributed by atoms with van der Waals surface area (Å²) in [6.07, 6.45) is -4.21. The number of hydrogen-bond acceptors (Lipinski definition) is 3. The molecule has 35 heavy (non-hydrogen) atoms. The van der Waals surface area contributed by atoms with E-state index in [1.165, 1.54) is 11.0 Å². The number of aromatic nitrogens is 2. The Morgan fingerprint density at radius 3 is 2.40 bits per heavy atom. The summed E-state index contributed by atoms with van der Waals surface area (Å²) in [7, 11) is 0. The molecular formula is C26H19ClF3N3O2. The average molecular weight is 498 g/mol. The number of amides is 1. The van der Waals surface area contributed by atoms with Gasteiger partial charge in [0, 0.05) is 22.5 Å². The van der Waals surface area contributed by atoms with Gasteiger partial charge in [-0.05, 0) is 48.0 Å². The van der Waals surface area contributed by atoms with Crippen LogP contribution in [0.25, 0.3) is 11.3 Å². The predicted octanol–water partition coefficient (Wildman–Crippen LogP) is 6.99. The van der Waals surface area contributed by atoms with Gasteiger partial charge in [-0.2, -0.15) is 18.3 Å². The van der Waals surface area contributed by atoms with Gasteiger partial charge in [0.1, 0.15) is 12.1 Å². The number of benzene rings is 3. The molecule has 0 N–H and O–H groups in total. The summed E-state index contributed by atoms with van der Waals surface area (Å²) in [6.45, 7) is 0.156. The minimum absolute atomic E-state index is 0.156. The van der Waals surface area contributed by atoms with Crippen molar-refractivity contribution in [3.63, 3.8) is 0 Å². The number of carbonyl (C=O) groups excluding carboxylic acids is 1. The summed E-state index contributed by atoms with van der Waals surface area (Å²) < 4.78 is 47.7. The van der Waals surface area contributed by atoms with Crippen LogP contribution in [0.4, 0.5) is 23.7 Å². The lowest BCUT2D eigenvalue weighted by Crippen LogP contribution is -2.31. The summed E-state index contributed by atoms with van der Waals surface area (Å²) >= 11 is 6.00. The number of carbonyl (C=O) groups is 1. The lowest BCUT2D eigenvalue weighted by molar-refractivity contribution is -0.137. The Morgan fingerprint density at radius 1 is 0.943 bits per heavy atom. The Kier molecular flexibility index (Phi) is 5.98. The van der Waals surface area contributed by atoms with Gasteiger partial charge in [0.15, 0.2) is 0 Å². The van der Waals surface area contributed by atoms with Crippen LogP contribution in [-0.4, -0.2) is 22.0 Å². The molecule has 0 spiro atoms. The van der Waals surface area contributed by atoms with Crippen molar-refractivity contribution in [1.82, 2.24) is 9.78 Å². The summed E-state index contributed by atoms with van der Waals surface area (Å²) in [4.78, 5) is 14.3. The van der Waals surface area contributed by atoms with Gasteiger partial charge in [-0.3, -0.25) is 9.58 Å². The maximum atomic E-state index is 13.5. The van der Waals surface area contributed by atoms with Crippen LogP contribution in [0.1, 0.15) is 17.2 Å². The molecule has 5 rings (SSSR count). The van der Waals surface area contributed by atoms with E-state index in [9.17, 15) is 18.0 Å². The molecule has 5 nitrogen and oxygen atoms in total. The molecule has 2 atom stereocenters. The zero-order chi connectivity index (χ0) is 24.6. The second-order valence-electron chi connectivity index (χ2n) is 8.13. The summed E-state index contributed by atoms with van der Waals surface area (Å²) in [5.41, 5.74) is 1.64. The van der Waals surface area contributed by atoms with Crippen molar-refractivity contribution in [2.75, 3.05) is 4.90 Å². The molecule has 178 valence electrons. The number of halogens is 4. The average Bonchev–Trinajstić information content (AvgIpc) is 3.44. The topological polar surface area (TPSA) is 47.4 Å². The Morgan fingerprint density at radius 2 is 1.69 bits per heavy atom. The predicted molar refractivity (Wildman–Crippen MR) is 126 cm³/mol.